The Morgan fingerprint density at radius 3 is 1.76 bits per heavy atom. The second kappa shape index (κ2) is 15.4. The van der Waals surface area contributed by atoms with Crippen molar-refractivity contribution in [2.24, 2.45) is 11.8 Å². The highest BCUT2D eigenvalue weighted by molar-refractivity contribution is 5.89. The van der Waals surface area contributed by atoms with Crippen LogP contribution in [0, 0.1) is 11.8 Å². The second-order valence-electron chi connectivity index (χ2n) is 11.4. The van der Waals surface area contributed by atoms with E-state index in [0.29, 0.717) is 5.56 Å². The Morgan fingerprint density at radius 1 is 0.717 bits per heavy atom. The van der Waals surface area contributed by atoms with Crippen molar-refractivity contribution in [2.45, 2.75) is 37.9 Å². The maximum absolute atomic E-state index is 13.1. The van der Waals surface area contributed by atoms with E-state index in [1.165, 1.54) is 0 Å². The normalized spacial score (nSPS) is 21.4. The Hall–Kier alpha value is -4.21. The first-order valence-corrected chi connectivity index (χ1v) is 15.5. The summed E-state index contributed by atoms with van der Waals surface area (Å²) in [4.78, 5) is 13.1. The number of esters is 1. The van der Waals surface area contributed by atoms with Gasteiger partial charge in [0.15, 0.2) is 12.4 Å². The van der Waals surface area contributed by atoms with E-state index in [4.69, 9.17) is 28.4 Å². The molecular formula is C38H42O8. The van der Waals surface area contributed by atoms with E-state index in [0.717, 1.165) is 28.2 Å². The fourth-order valence-corrected chi connectivity index (χ4v) is 5.96. The number of aliphatic hydroxyl groups is 1. The zero-order chi connectivity index (χ0) is 32.5. The van der Waals surface area contributed by atoms with Gasteiger partial charge in [0.05, 0.1) is 45.7 Å². The number of carbonyl (C=O) groups is 1. The van der Waals surface area contributed by atoms with Crippen LogP contribution in [0.2, 0.25) is 0 Å². The minimum Gasteiger partial charge on any atom is -0.497 e. The Balaban J connectivity index is 1.42. The number of hydrogen-bond acceptors (Lipinski definition) is 8. The van der Waals surface area contributed by atoms with Crippen LogP contribution in [-0.4, -0.2) is 63.6 Å². The maximum Gasteiger partial charge on any atom is 0.338 e. The van der Waals surface area contributed by atoms with E-state index in [2.05, 4.69) is 0 Å². The largest absolute Gasteiger partial charge is 0.497 e. The van der Waals surface area contributed by atoms with Crippen molar-refractivity contribution < 1.29 is 38.3 Å². The number of aliphatic hydroxyl groups excluding tert-OH is 1. The van der Waals surface area contributed by atoms with Gasteiger partial charge in [0, 0.05) is 5.92 Å². The predicted molar refractivity (Wildman–Crippen MR) is 174 cm³/mol. The predicted octanol–water partition coefficient (Wildman–Crippen LogP) is 6.24. The van der Waals surface area contributed by atoms with Crippen molar-refractivity contribution in [1.29, 1.82) is 0 Å². The summed E-state index contributed by atoms with van der Waals surface area (Å²) in [7, 11) is 3.27. The molecule has 0 aliphatic carbocycles. The molecule has 5 rings (SSSR count). The molecule has 8 nitrogen and oxygen atoms in total. The van der Waals surface area contributed by atoms with E-state index in [-0.39, 0.29) is 31.7 Å². The van der Waals surface area contributed by atoms with Crippen LogP contribution in [0.25, 0.3) is 0 Å². The van der Waals surface area contributed by atoms with Gasteiger partial charge in [0.25, 0.3) is 0 Å². The number of ether oxygens (including phenoxy) is 6. The number of benzene rings is 4. The Labute approximate surface area is 270 Å². The summed E-state index contributed by atoms with van der Waals surface area (Å²) in [6.07, 6.45) is -2.05. The average molecular weight is 627 g/mol. The topological polar surface area (TPSA) is 92.7 Å². The van der Waals surface area contributed by atoms with Gasteiger partial charge in [0.1, 0.15) is 17.1 Å². The van der Waals surface area contributed by atoms with Gasteiger partial charge in [-0.1, -0.05) is 86.6 Å². The fraction of sp³-hybridized carbons (Fsp3) is 0.342. The summed E-state index contributed by atoms with van der Waals surface area (Å²) in [5.41, 5.74) is 2.16. The van der Waals surface area contributed by atoms with Crippen molar-refractivity contribution in [1.82, 2.24) is 0 Å². The Bertz CT molecular complexity index is 1460. The van der Waals surface area contributed by atoms with Gasteiger partial charge in [-0.05, 0) is 59.0 Å². The summed E-state index contributed by atoms with van der Waals surface area (Å²) in [6, 6.07) is 34.5. The summed E-state index contributed by atoms with van der Waals surface area (Å²) < 4.78 is 36.2. The monoisotopic (exact) mass is 626 g/mol. The molecule has 4 aromatic rings. The van der Waals surface area contributed by atoms with Crippen LogP contribution in [-0.2, 0) is 24.5 Å². The van der Waals surface area contributed by atoms with E-state index < -0.39 is 30.1 Å². The molecule has 0 radical (unpaired) electrons. The van der Waals surface area contributed by atoms with Gasteiger partial charge in [0.2, 0.25) is 0 Å². The molecule has 5 atom stereocenters. The highest BCUT2D eigenvalue weighted by Gasteiger charge is 2.44. The molecule has 1 fully saturated rings. The van der Waals surface area contributed by atoms with Crippen LogP contribution in [0.5, 0.6) is 11.5 Å². The van der Waals surface area contributed by atoms with Crippen molar-refractivity contribution in [2.75, 3.05) is 34.0 Å². The molecule has 0 aromatic heterocycles. The molecular weight excluding hydrogens is 584 g/mol. The zero-order valence-corrected chi connectivity index (χ0v) is 26.7. The lowest BCUT2D eigenvalue weighted by atomic mass is 9.80. The molecule has 5 unspecified atom stereocenters. The number of hydrogen-bond donors (Lipinski definition) is 1. The quantitative estimate of drug-likeness (QED) is 0.106. The molecule has 4 aromatic carbocycles. The number of rotatable bonds is 13. The fourth-order valence-electron chi connectivity index (χ4n) is 5.96. The van der Waals surface area contributed by atoms with Gasteiger partial charge in [-0.2, -0.15) is 0 Å². The van der Waals surface area contributed by atoms with Gasteiger partial charge < -0.3 is 33.5 Å². The first-order chi connectivity index (χ1) is 22.4. The van der Waals surface area contributed by atoms with Crippen LogP contribution in [0.15, 0.2) is 109 Å². The summed E-state index contributed by atoms with van der Waals surface area (Å²) >= 11 is 0. The SMILES string of the molecule is COc1ccc(C(OCCOC2OC(CO)C(C)C(C)C2OC(=O)c2ccccc2)(c2ccccc2)c2ccc(OC)cc2)cc1. The van der Waals surface area contributed by atoms with Gasteiger partial charge in [-0.25, -0.2) is 4.79 Å². The molecule has 242 valence electrons. The van der Waals surface area contributed by atoms with Crippen LogP contribution in [0.3, 0.4) is 0 Å². The van der Waals surface area contributed by atoms with Crippen molar-refractivity contribution in [3.63, 3.8) is 0 Å². The van der Waals surface area contributed by atoms with Crippen molar-refractivity contribution in [3.05, 3.63) is 131 Å². The number of carbonyl (C=O) groups excluding carboxylic acids is 1. The summed E-state index contributed by atoms with van der Waals surface area (Å²) in [5.74, 6) is 0.812. The lowest BCUT2D eigenvalue weighted by Gasteiger charge is -2.43. The maximum atomic E-state index is 13.1. The zero-order valence-electron chi connectivity index (χ0n) is 26.7. The Morgan fingerprint density at radius 2 is 1.24 bits per heavy atom. The van der Waals surface area contributed by atoms with E-state index >= 15 is 0 Å². The van der Waals surface area contributed by atoms with E-state index in [9.17, 15) is 9.90 Å². The average Bonchev–Trinajstić information content (AvgIpc) is 3.12. The van der Waals surface area contributed by atoms with Crippen LogP contribution < -0.4 is 9.47 Å². The van der Waals surface area contributed by atoms with E-state index in [1.807, 2.05) is 98.8 Å². The number of methoxy groups -OCH3 is 2. The summed E-state index contributed by atoms with van der Waals surface area (Å²) in [5, 5.41) is 10.0. The first-order valence-electron chi connectivity index (χ1n) is 15.5. The summed E-state index contributed by atoms with van der Waals surface area (Å²) in [6.45, 7) is 4.09. The molecule has 8 heteroatoms. The molecule has 0 bridgehead atoms. The highest BCUT2D eigenvalue weighted by atomic mass is 16.7. The molecule has 1 aliphatic heterocycles. The Kier molecular flexibility index (Phi) is 11.1. The molecule has 0 amide bonds. The van der Waals surface area contributed by atoms with E-state index in [1.54, 1.807) is 38.5 Å². The van der Waals surface area contributed by atoms with Crippen LogP contribution in [0.4, 0.5) is 0 Å². The third-order valence-corrected chi connectivity index (χ3v) is 8.80. The smallest absolute Gasteiger partial charge is 0.338 e. The standard InChI is InChI=1S/C38H42O8/c1-26-27(2)35(46-36(40)28-11-7-5-8-12-28)37(45-34(26)25-39)43-23-24-44-38(29-13-9-6-10-14-29,30-15-19-32(41-3)20-16-30)31-17-21-33(42-4)22-18-31/h5-22,26-27,34-35,37,39H,23-25H2,1-4H3. The highest BCUT2D eigenvalue weighted by Crippen LogP contribution is 2.42. The molecule has 1 aliphatic rings. The molecule has 46 heavy (non-hydrogen) atoms. The lowest BCUT2D eigenvalue weighted by molar-refractivity contribution is -0.277. The third-order valence-electron chi connectivity index (χ3n) is 8.80. The minimum absolute atomic E-state index is 0.0643. The molecule has 1 heterocycles. The van der Waals surface area contributed by atoms with Crippen LogP contribution in [0.1, 0.15) is 40.9 Å². The van der Waals surface area contributed by atoms with Crippen molar-refractivity contribution >= 4 is 5.97 Å². The van der Waals surface area contributed by atoms with Gasteiger partial charge >= 0.3 is 5.97 Å². The molecule has 1 saturated heterocycles. The van der Waals surface area contributed by atoms with Gasteiger partial charge in [-0.3, -0.25) is 0 Å². The molecule has 1 N–H and O–H groups in total. The second-order valence-corrected chi connectivity index (χ2v) is 11.4. The molecule has 0 saturated carbocycles. The minimum atomic E-state index is -1.01. The van der Waals surface area contributed by atoms with Crippen molar-refractivity contribution in [3.8, 4) is 11.5 Å². The first kappa shape index (κ1) is 33.2. The van der Waals surface area contributed by atoms with Crippen LogP contribution >= 0.6 is 0 Å². The van der Waals surface area contributed by atoms with Gasteiger partial charge in [-0.15, -0.1) is 0 Å². The third kappa shape index (κ3) is 7.11. The molecule has 0 spiro atoms. The lowest BCUT2D eigenvalue weighted by Crippen LogP contribution is -2.53.